The first-order chi connectivity index (χ1) is 9.54. The summed E-state index contributed by atoms with van der Waals surface area (Å²) in [6, 6.07) is 1.20. The Balaban J connectivity index is 1.59. The summed E-state index contributed by atoms with van der Waals surface area (Å²) in [4.78, 5) is 16.5. The van der Waals surface area contributed by atoms with Crippen LogP contribution in [0.3, 0.4) is 0 Å². The molecule has 20 heavy (non-hydrogen) atoms. The molecule has 1 saturated carbocycles. The molecule has 2 N–H and O–H groups in total. The number of nitrogens with one attached hydrogen (secondary N) is 1. The lowest BCUT2D eigenvalue weighted by Crippen LogP contribution is -2.47. The summed E-state index contributed by atoms with van der Waals surface area (Å²) in [5.74, 6) is 0.114. The smallest absolute Gasteiger partial charge is 0.234 e. The van der Waals surface area contributed by atoms with Gasteiger partial charge in [-0.3, -0.25) is 9.69 Å². The van der Waals surface area contributed by atoms with Crippen molar-refractivity contribution in [2.45, 2.75) is 57.2 Å². The van der Waals surface area contributed by atoms with Crippen molar-refractivity contribution in [1.82, 2.24) is 15.1 Å². The number of hydrogen-bond acceptors (Lipinski definition) is 4. The Morgan fingerprint density at radius 2 is 2.00 bits per heavy atom. The standard InChI is InChI=1S/C15H29N3O2/c1-12(19)5-8-17(2)11-15(20)16-13-6-9-18(10-7-13)14-3-4-14/h12-14,19H,3-11H2,1-2H3,(H,16,20). The number of likely N-dealkylation sites (tertiary alicyclic amines) is 1. The van der Waals surface area contributed by atoms with E-state index in [1.807, 2.05) is 11.9 Å². The number of piperidine rings is 1. The van der Waals surface area contributed by atoms with E-state index in [9.17, 15) is 9.90 Å². The number of nitrogens with zero attached hydrogens (tertiary/aromatic N) is 2. The molecule has 1 atom stereocenters. The minimum absolute atomic E-state index is 0.114. The lowest BCUT2D eigenvalue weighted by atomic mass is 10.0. The first-order valence-corrected chi connectivity index (χ1v) is 7.94. The number of carbonyl (C=O) groups is 1. The number of carbonyl (C=O) groups excluding carboxylic acids is 1. The molecule has 5 nitrogen and oxygen atoms in total. The molecule has 0 aromatic heterocycles. The van der Waals surface area contributed by atoms with E-state index in [-0.39, 0.29) is 12.0 Å². The van der Waals surface area contributed by atoms with E-state index in [1.165, 1.54) is 12.8 Å². The molecule has 0 radical (unpaired) electrons. The third-order valence-electron chi connectivity index (χ3n) is 4.30. The van der Waals surface area contributed by atoms with Crippen molar-refractivity contribution >= 4 is 5.91 Å². The summed E-state index contributed by atoms with van der Waals surface area (Å²) in [6.07, 6.45) is 5.31. The SMILES string of the molecule is CC(O)CCN(C)CC(=O)NC1CCN(C2CC2)CC1. The lowest BCUT2D eigenvalue weighted by molar-refractivity contribution is -0.123. The summed E-state index contributed by atoms with van der Waals surface area (Å²) in [7, 11) is 1.93. The maximum atomic E-state index is 12.0. The van der Waals surface area contributed by atoms with Gasteiger partial charge in [-0.15, -0.1) is 0 Å². The van der Waals surface area contributed by atoms with Crippen LogP contribution in [-0.2, 0) is 4.79 Å². The summed E-state index contributed by atoms with van der Waals surface area (Å²) in [5, 5.41) is 12.4. The Morgan fingerprint density at radius 3 is 2.55 bits per heavy atom. The van der Waals surface area contributed by atoms with Gasteiger partial charge in [0.15, 0.2) is 0 Å². The molecule has 2 fully saturated rings. The van der Waals surface area contributed by atoms with E-state index in [1.54, 1.807) is 6.92 Å². The highest BCUT2D eigenvalue weighted by molar-refractivity contribution is 5.78. The number of amides is 1. The molecule has 116 valence electrons. The van der Waals surface area contributed by atoms with Crippen molar-refractivity contribution in [3.05, 3.63) is 0 Å². The molecule has 0 aromatic carbocycles. The molecule has 2 rings (SSSR count). The summed E-state index contributed by atoms with van der Waals surface area (Å²) < 4.78 is 0. The van der Waals surface area contributed by atoms with Gasteiger partial charge in [0.1, 0.15) is 0 Å². The molecule has 1 heterocycles. The Kier molecular flexibility index (Phi) is 5.81. The van der Waals surface area contributed by atoms with Crippen LogP contribution in [0.5, 0.6) is 0 Å². The molecular weight excluding hydrogens is 254 g/mol. The Morgan fingerprint density at radius 1 is 1.35 bits per heavy atom. The minimum Gasteiger partial charge on any atom is -0.393 e. The van der Waals surface area contributed by atoms with Crippen LogP contribution >= 0.6 is 0 Å². The largest absolute Gasteiger partial charge is 0.393 e. The molecule has 0 bridgehead atoms. The molecule has 1 unspecified atom stereocenters. The highest BCUT2D eigenvalue weighted by Crippen LogP contribution is 2.29. The highest BCUT2D eigenvalue weighted by atomic mass is 16.3. The normalized spacial score (nSPS) is 23.0. The summed E-state index contributed by atoms with van der Waals surface area (Å²) in [5.41, 5.74) is 0. The van der Waals surface area contributed by atoms with E-state index >= 15 is 0 Å². The van der Waals surface area contributed by atoms with E-state index in [2.05, 4.69) is 10.2 Å². The van der Waals surface area contributed by atoms with Gasteiger partial charge < -0.3 is 15.3 Å². The molecule has 5 heteroatoms. The average Bonchev–Trinajstić information content (AvgIpc) is 3.21. The lowest BCUT2D eigenvalue weighted by Gasteiger charge is -2.32. The van der Waals surface area contributed by atoms with Gasteiger partial charge in [-0.1, -0.05) is 0 Å². The number of rotatable bonds is 7. The third kappa shape index (κ3) is 5.38. The maximum Gasteiger partial charge on any atom is 0.234 e. The van der Waals surface area contributed by atoms with Crippen LogP contribution in [0.15, 0.2) is 0 Å². The first kappa shape index (κ1) is 15.7. The number of likely N-dealkylation sites (N-methyl/N-ethyl adjacent to an activating group) is 1. The topological polar surface area (TPSA) is 55.8 Å². The molecule has 1 saturated heterocycles. The summed E-state index contributed by atoms with van der Waals surface area (Å²) in [6.45, 7) is 5.23. The fraction of sp³-hybridized carbons (Fsp3) is 0.933. The fourth-order valence-corrected chi connectivity index (χ4v) is 2.85. The van der Waals surface area contributed by atoms with Gasteiger partial charge in [0.2, 0.25) is 5.91 Å². The Bertz CT molecular complexity index is 310. The van der Waals surface area contributed by atoms with Gasteiger partial charge in [0.25, 0.3) is 0 Å². The van der Waals surface area contributed by atoms with Gasteiger partial charge in [0.05, 0.1) is 12.6 Å². The molecule has 0 aromatic rings. The Labute approximate surface area is 122 Å². The van der Waals surface area contributed by atoms with Crippen LogP contribution in [-0.4, -0.2) is 72.2 Å². The number of aliphatic hydroxyl groups is 1. The molecule has 1 aliphatic heterocycles. The van der Waals surface area contributed by atoms with Crippen molar-refractivity contribution in [3.8, 4) is 0 Å². The predicted molar refractivity (Wildman–Crippen MR) is 79.6 cm³/mol. The van der Waals surface area contributed by atoms with Gasteiger partial charge in [-0.05, 0) is 46.1 Å². The van der Waals surface area contributed by atoms with Crippen molar-refractivity contribution in [3.63, 3.8) is 0 Å². The molecule has 2 aliphatic rings. The zero-order valence-corrected chi connectivity index (χ0v) is 12.8. The van der Waals surface area contributed by atoms with Gasteiger partial charge in [-0.25, -0.2) is 0 Å². The number of aliphatic hydroxyl groups excluding tert-OH is 1. The quantitative estimate of drug-likeness (QED) is 0.711. The maximum absolute atomic E-state index is 12.0. The monoisotopic (exact) mass is 283 g/mol. The average molecular weight is 283 g/mol. The van der Waals surface area contributed by atoms with Gasteiger partial charge in [0, 0.05) is 31.7 Å². The fourth-order valence-electron chi connectivity index (χ4n) is 2.85. The van der Waals surface area contributed by atoms with Crippen LogP contribution < -0.4 is 5.32 Å². The second-order valence-corrected chi connectivity index (χ2v) is 6.48. The molecule has 0 spiro atoms. The molecule has 1 amide bonds. The molecule has 1 aliphatic carbocycles. The van der Waals surface area contributed by atoms with Crippen LogP contribution in [0.2, 0.25) is 0 Å². The van der Waals surface area contributed by atoms with Gasteiger partial charge in [-0.2, -0.15) is 0 Å². The number of hydrogen-bond donors (Lipinski definition) is 2. The highest BCUT2D eigenvalue weighted by Gasteiger charge is 2.32. The van der Waals surface area contributed by atoms with Crippen molar-refractivity contribution < 1.29 is 9.90 Å². The van der Waals surface area contributed by atoms with Crippen LogP contribution in [0.1, 0.15) is 39.0 Å². The van der Waals surface area contributed by atoms with Crippen molar-refractivity contribution in [2.75, 3.05) is 33.2 Å². The van der Waals surface area contributed by atoms with E-state index in [4.69, 9.17) is 0 Å². The van der Waals surface area contributed by atoms with Crippen LogP contribution in [0.25, 0.3) is 0 Å². The predicted octanol–water partition coefficient (Wildman–Crippen LogP) is 0.432. The van der Waals surface area contributed by atoms with Crippen molar-refractivity contribution in [1.29, 1.82) is 0 Å². The Hall–Kier alpha value is -0.650. The zero-order chi connectivity index (χ0) is 14.5. The van der Waals surface area contributed by atoms with Gasteiger partial charge >= 0.3 is 0 Å². The van der Waals surface area contributed by atoms with E-state index in [0.717, 1.165) is 38.5 Å². The van der Waals surface area contributed by atoms with E-state index < -0.39 is 0 Å². The second-order valence-electron chi connectivity index (χ2n) is 6.48. The zero-order valence-electron chi connectivity index (χ0n) is 12.8. The van der Waals surface area contributed by atoms with Crippen LogP contribution in [0.4, 0.5) is 0 Å². The second kappa shape index (κ2) is 7.38. The molecular formula is C15H29N3O2. The third-order valence-corrected chi connectivity index (χ3v) is 4.30. The van der Waals surface area contributed by atoms with Crippen molar-refractivity contribution in [2.24, 2.45) is 0 Å². The minimum atomic E-state index is -0.299. The first-order valence-electron chi connectivity index (χ1n) is 7.94. The summed E-state index contributed by atoms with van der Waals surface area (Å²) >= 11 is 0. The van der Waals surface area contributed by atoms with E-state index in [0.29, 0.717) is 19.0 Å². The van der Waals surface area contributed by atoms with Crippen LogP contribution in [0, 0.1) is 0 Å².